The van der Waals surface area contributed by atoms with Crippen LogP contribution in [-0.4, -0.2) is 9.97 Å². The average Bonchev–Trinajstić information content (AvgIpc) is 3.12. The van der Waals surface area contributed by atoms with Crippen LogP contribution in [-0.2, 0) is 0 Å². The second-order valence-corrected chi connectivity index (χ2v) is 9.54. The topological polar surface area (TPSA) is 45.8 Å². The van der Waals surface area contributed by atoms with E-state index in [0.717, 1.165) is 36.4 Å². The molecular weight excluding hydrogens is 468 g/mol. The highest BCUT2D eigenvalue weighted by molar-refractivity contribution is 9.10. The maximum atomic E-state index is 13.3. The quantitative estimate of drug-likeness (QED) is 0.300. The number of nitrogens with zero attached hydrogens (tertiary/aromatic N) is 1. The molecule has 0 unspecified atom stereocenters. The van der Waals surface area contributed by atoms with E-state index in [1.165, 1.54) is 0 Å². The highest BCUT2D eigenvalue weighted by Crippen LogP contribution is 2.37. The van der Waals surface area contributed by atoms with E-state index in [-0.39, 0.29) is 11.5 Å². The third-order valence-corrected chi connectivity index (χ3v) is 6.96. The number of aromatic amines is 1. The van der Waals surface area contributed by atoms with Crippen molar-refractivity contribution < 1.29 is 0 Å². The van der Waals surface area contributed by atoms with E-state index in [1.807, 2.05) is 60.7 Å². The van der Waals surface area contributed by atoms with Crippen LogP contribution in [0.5, 0.6) is 0 Å². The molecule has 31 heavy (non-hydrogen) atoms. The smallest absolute Gasteiger partial charge is 0.260 e. The Kier molecular flexibility index (Phi) is 5.30. The first-order valence-electron chi connectivity index (χ1n) is 10.0. The minimum absolute atomic E-state index is 0.0980. The second kappa shape index (κ2) is 8.25. The summed E-state index contributed by atoms with van der Waals surface area (Å²) in [4.78, 5) is 23.3. The summed E-state index contributed by atoms with van der Waals surface area (Å²) in [7, 11) is 0. The third kappa shape index (κ3) is 3.75. The van der Waals surface area contributed by atoms with Gasteiger partial charge >= 0.3 is 0 Å². The predicted molar refractivity (Wildman–Crippen MR) is 132 cm³/mol. The largest absolute Gasteiger partial charge is 0.309 e. The number of fused-ring (bicyclic) bond motifs is 1. The van der Waals surface area contributed by atoms with Gasteiger partial charge in [0.1, 0.15) is 10.7 Å². The molecule has 0 saturated heterocycles. The highest BCUT2D eigenvalue weighted by Gasteiger charge is 2.22. The van der Waals surface area contributed by atoms with Crippen LogP contribution in [0.15, 0.2) is 94.2 Å². The number of hydrogen-bond donors (Lipinski definition) is 1. The van der Waals surface area contributed by atoms with Crippen LogP contribution in [0.3, 0.4) is 0 Å². The summed E-state index contributed by atoms with van der Waals surface area (Å²) < 4.78 is 1.01. The van der Waals surface area contributed by atoms with Crippen LogP contribution in [0.25, 0.3) is 21.3 Å². The van der Waals surface area contributed by atoms with Crippen molar-refractivity contribution in [2.24, 2.45) is 0 Å². The van der Waals surface area contributed by atoms with Crippen molar-refractivity contribution in [3.05, 3.63) is 122 Å². The molecule has 5 aromatic rings. The molecule has 0 bridgehead atoms. The normalized spacial score (nSPS) is 11.3. The van der Waals surface area contributed by atoms with Crippen molar-refractivity contribution in [2.75, 3.05) is 0 Å². The number of benzene rings is 3. The molecule has 152 valence electrons. The van der Waals surface area contributed by atoms with Gasteiger partial charge in [0, 0.05) is 14.9 Å². The van der Waals surface area contributed by atoms with Gasteiger partial charge in [0.15, 0.2) is 0 Å². The lowest BCUT2D eigenvalue weighted by atomic mass is 9.90. The molecule has 5 rings (SSSR count). The second-order valence-electron chi connectivity index (χ2n) is 7.43. The van der Waals surface area contributed by atoms with E-state index in [1.54, 1.807) is 11.3 Å². The SMILES string of the molecule is Cc1sc2nc(C(c3ccccc3)c3ccccc3)[nH]c(=O)c2c1-c1ccc(Br)cc1. The van der Waals surface area contributed by atoms with Crippen LogP contribution < -0.4 is 5.56 Å². The molecule has 0 amide bonds. The number of halogens is 1. The van der Waals surface area contributed by atoms with Gasteiger partial charge in [0.05, 0.1) is 11.3 Å². The lowest BCUT2D eigenvalue weighted by molar-refractivity contribution is 0.860. The van der Waals surface area contributed by atoms with Gasteiger partial charge in [-0.2, -0.15) is 0 Å². The van der Waals surface area contributed by atoms with E-state index < -0.39 is 0 Å². The first kappa shape index (κ1) is 19.9. The molecular formula is C26H19BrN2OS. The number of thiophene rings is 1. The minimum Gasteiger partial charge on any atom is -0.309 e. The van der Waals surface area contributed by atoms with E-state index >= 15 is 0 Å². The Hall–Kier alpha value is -3.02. The van der Waals surface area contributed by atoms with E-state index in [4.69, 9.17) is 4.98 Å². The van der Waals surface area contributed by atoms with Gasteiger partial charge in [-0.05, 0) is 35.7 Å². The summed E-state index contributed by atoms with van der Waals surface area (Å²) in [5, 5.41) is 0.661. The Morgan fingerprint density at radius 2 is 1.45 bits per heavy atom. The van der Waals surface area contributed by atoms with E-state index in [2.05, 4.69) is 52.1 Å². The molecule has 2 heterocycles. The number of rotatable bonds is 4. The minimum atomic E-state index is -0.141. The fraction of sp³-hybridized carbons (Fsp3) is 0.0769. The zero-order valence-electron chi connectivity index (χ0n) is 16.8. The van der Waals surface area contributed by atoms with E-state index in [0.29, 0.717) is 11.2 Å². The highest BCUT2D eigenvalue weighted by atomic mass is 79.9. The molecule has 5 heteroatoms. The van der Waals surface area contributed by atoms with Crippen molar-refractivity contribution in [1.82, 2.24) is 9.97 Å². The zero-order chi connectivity index (χ0) is 21.4. The lowest BCUT2D eigenvalue weighted by Crippen LogP contribution is -2.16. The van der Waals surface area contributed by atoms with Crippen LogP contribution in [0.2, 0.25) is 0 Å². The van der Waals surface area contributed by atoms with Crippen molar-refractivity contribution in [3.63, 3.8) is 0 Å². The maximum absolute atomic E-state index is 13.3. The number of H-pyrrole nitrogens is 1. The summed E-state index contributed by atoms with van der Waals surface area (Å²) >= 11 is 5.05. The van der Waals surface area contributed by atoms with Gasteiger partial charge in [-0.1, -0.05) is 88.7 Å². The molecule has 0 radical (unpaired) electrons. The van der Waals surface area contributed by atoms with Crippen LogP contribution in [0.1, 0.15) is 27.7 Å². The molecule has 0 aliphatic heterocycles. The molecule has 0 saturated carbocycles. The maximum Gasteiger partial charge on any atom is 0.260 e. The molecule has 3 nitrogen and oxygen atoms in total. The Bertz CT molecular complexity index is 1370. The van der Waals surface area contributed by atoms with Crippen molar-refractivity contribution in [1.29, 1.82) is 0 Å². The average molecular weight is 487 g/mol. The lowest BCUT2D eigenvalue weighted by Gasteiger charge is -2.17. The van der Waals surface area contributed by atoms with Gasteiger partial charge < -0.3 is 4.98 Å². The first-order valence-corrected chi connectivity index (χ1v) is 11.6. The summed E-state index contributed by atoms with van der Waals surface area (Å²) in [5.74, 6) is 0.525. The monoisotopic (exact) mass is 486 g/mol. The molecule has 0 aliphatic rings. The molecule has 0 fully saturated rings. The van der Waals surface area contributed by atoms with Crippen LogP contribution in [0, 0.1) is 6.92 Å². The molecule has 2 aromatic heterocycles. The molecule has 1 N–H and O–H groups in total. The van der Waals surface area contributed by atoms with Crippen molar-refractivity contribution in [2.45, 2.75) is 12.8 Å². The fourth-order valence-electron chi connectivity index (χ4n) is 4.04. The summed E-state index contributed by atoms with van der Waals surface area (Å²) in [5.41, 5.74) is 4.08. The van der Waals surface area contributed by atoms with Gasteiger partial charge in [-0.25, -0.2) is 4.98 Å². The zero-order valence-corrected chi connectivity index (χ0v) is 19.2. The van der Waals surface area contributed by atoms with Gasteiger partial charge in [-0.3, -0.25) is 4.79 Å². The summed E-state index contributed by atoms with van der Waals surface area (Å²) in [6, 6.07) is 28.4. The Morgan fingerprint density at radius 3 is 2.03 bits per heavy atom. The number of nitrogens with one attached hydrogen (secondary N) is 1. The Balaban J connectivity index is 1.72. The Morgan fingerprint density at radius 1 is 0.871 bits per heavy atom. The standard InChI is InChI=1S/C26H19BrN2OS/c1-16-21(19-12-14-20(27)15-13-19)23-25(30)28-24(29-26(23)31-16)22(17-8-4-2-5-9-17)18-10-6-3-7-11-18/h2-15,22H,1H3,(H,28,29,30). The molecule has 0 spiro atoms. The van der Waals surface area contributed by atoms with E-state index in [9.17, 15) is 4.79 Å². The number of aryl methyl sites for hydroxylation is 1. The summed E-state index contributed by atoms with van der Waals surface area (Å²) in [6.07, 6.45) is 0. The third-order valence-electron chi connectivity index (χ3n) is 5.43. The van der Waals surface area contributed by atoms with Crippen LogP contribution >= 0.6 is 27.3 Å². The molecule has 0 aliphatic carbocycles. The predicted octanol–water partition coefficient (Wildman–Crippen LogP) is 6.90. The Labute approximate surface area is 192 Å². The summed E-state index contributed by atoms with van der Waals surface area (Å²) in [6.45, 7) is 2.05. The van der Waals surface area contributed by atoms with Crippen molar-refractivity contribution in [3.8, 4) is 11.1 Å². The van der Waals surface area contributed by atoms with Crippen LogP contribution in [0.4, 0.5) is 0 Å². The van der Waals surface area contributed by atoms with Gasteiger partial charge in [-0.15, -0.1) is 11.3 Å². The number of hydrogen-bond acceptors (Lipinski definition) is 3. The molecule has 3 aromatic carbocycles. The molecule has 0 atom stereocenters. The van der Waals surface area contributed by atoms with Gasteiger partial charge in [0.2, 0.25) is 0 Å². The van der Waals surface area contributed by atoms with Gasteiger partial charge in [0.25, 0.3) is 5.56 Å². The number of aromatic nitrogens is 2. The van der Waals surface area contributed by atoms with Crippen molar-refractivity contribution >= 4 is 37.5 Å². The first-order chi connectivity index (χ1) is 15.1. The fourth-order valence-corrected chi connectivity index (χ4v) is 5.35.